The third-order valence-corrected chi connectivity index (χ3v) is 3.63. The first-order valence-electron chi connectivity index (χ1n) is 7.26. The van der Waals surface area contributed by atoms with E-state index in [1.54, 1.807) is 0 Å². The molecule has 0 radical (unpaired) electrons. The summed E-state index contributed by atoms with van der Waals surface area (Å²) in [4.78, 5) is 9.01. The molecule has 104 valence electrons. The van der Waals surface area contributed by atoms with Crippen LogP contribution < -0.4 is 0 Å². The lowest BCUT2D eigenvalue weighted by Gasteiger charge is -2.10. The summed E-state index contributed by atoms with van der Waals surface area (Å²) in [6, 6.07) is 8.33. The molecule has 4 nitrogen and oxygen atoms in total. The maximum Gasteiger partial charge on any atom is 0.109 e. The van der Waals surface area contributed by atoms with Crippen LogP contribution in [0.15, 0.2) is 36.8 Å². The van der Waals surface area contributed by atoms with Crippen LogP contribution >= 0.6 is 0 Å². The van der Waals surface area contributed by atoms with Crippen molar-refractivity contribution < 1.29 is 0 Å². The third kappa shape index (κ3) is 2.22. The first-order valence-corrected chi connectivity index (χ1v) is 7.26. The molecule has 0 amide bonds. The fourth-order valence-corrected chi connectivity index (χ4v) is 2.66. The number of aryl methyl sites for hydroxylation is 2. The second-order valence-electron chi connectivity index (χ2n) is 5.03. The molecular weight excluding hydrogens is 248 g/mol. The Hall–Kier alpha value is -2.10. The van der Waals surface area contributed by atoms with Gasteiger partial charge in [-0.15, -0.1) is 0 Å². The summed E-state index contributed by atoms with van der Waals surface area (Å²) in [7, 11) is 0. The molecule has 0 fully saturated rings. The van der Waals surface area contributed by atoms with Crippen LogP contribution in [0.1, 0.15) is 31.8 Å². The second-order valence-corrected chi connectivity index (χ2v) is 5.03. The molecule has 20 heavy (non-hydrogen) atoms. The number of para-hydroxylation sites is 2. The molecule has 0 N–H and O–H groups in total. The normalized spacial score (nSPS) is 11.3. The van der Waals surface area contributed by atoms with Gasteiger partial charge in [0.25, 0.3) is 0 Å². The van der Waals surface area contributed by atoms with Crippen LogP contribution in [0.25, 0.3) is 11.0 Å². The SMILES string of the molecule is CCCn1cncc1Cn1c(CC)nc2ccccc21. The van der Waals surface area contributed by atoms with E-state index in [0.717, 1.165) is 37.3 Å². The van der Waals surface area contributed by atoms with E-state index in [2.05, 4.69) is 46.2 Å². The van der Waals surface area contributed by atoms with Gasteiger partial charge >= 0.3 is 0 Å². The number of fused-ring (bicyclic) bond motifs is 1. The highest BCUT2D eigenvalue weighted by Gasteiger charge is 2.11. The molecule has 0 spiro atoms. The van der Waals surface area contributed by atoms with Crippen molar-refractivity contribution in [1.82, 2.24) is 19.1 Å². The predicted molar refractivity (Wildman–Crippen MR) is 80.7 cm³/mol. The van der Waals surface area contributed by atoms with Gasteiger partial charge < -0.3 is 9.13 Å². The van der Waals surface area contributed by atoms with Gasteiger partial charge in [-0.25, -0.2) is 9.97 Å². The van der Waals surface area contributed by atoms with Gasteiger partial charge in [-0.2, -0.15) is 0 Å². The van der Waals surface area contributed by atoms with Crippen LogP contribution in [0, 0.1) is 0 Å². The average Bonchev–Trinajstić information content (AvgIpc) is 3.05. The van der Waals surface area contributed by atoms with Crippen molar-refractivity contribution in [3.63, 3.8) is 0 Å². The zero-order valence-electron chi connectivity index (χ0n) is 12.1. The Bertz CT molecular complexity index is 708. The Morgan fingerprint density at radius 3 is 2.80 bits per heavy atom. The Morgan fingerprint density at radius 2 is 2.00 bits per heavy atom. The highest BCUT2D eigenvalue weighted by atomic mass is 15.1. The van der Waals surface area contributed by atoms with Crippen molar-refractivity contribution in [3.05, 3.63) is 48.3 Å². The highest BCUT2D eigenvalue weighted by Crippen LogP contribution is 2.18. The monoisotopic (exact) mass is 268 g/mol. The van der Waals surface area contributed by atoms with Crippen LogP contribution in [0.5, 0.6) is 0 Å². The quantitative estimate of drug-likeness (QED) is 0.712. The molecule has 0 saturated heterocycles. The Morgan fingerprint density at radius 1 is 1.15 bits per heavy atom. The van der Waals surface area contributed by atoms with Crippen molar-refractivity contribution in [1.29, 1.82) is 0 Å². The molecule has 0 bridgehead atoms. The van der Waals surface area contributed by atoms with Crippen molar-refractivity contribution in [2.24, 2.45) is 0 Å². The van der Waals surface area contributed by atoms with Crippen LogP contribution in [0.2, 0.25) is 0 Å². The topological polar surface area (TPSA) is 35.6 Å². The number of hydrogen-bond donors (Lipinski definition) is 0. The number of nitrogens with zero attached hydrogens (tertiary/aromatic N) is 4. The molecule has 3 rings (SSSR count). The maximum absolute atomic E-state index is 4.72. The van der Waals surface area contributed by atoms with Gasteiger partial charge in [0.05, 0.1) is 29.6 Å². The standard InChI is InChI=1S/C16H20N4/c1-3-9-19-12-17-10-13(19)11-20-15-8-6-5-7-14(15)18-16(20)4-2/h5-8,10,12H,3-4,9,11H2,1-2H3. The minimum Gasteiger partial charge on any atom is -0.333 e. The highest BCUT2D eigenvalue weighted by molar-refractivity contribution is 5.76. The van der Waals surface area contributed by atoms with Crippen LogP contribution in [-0.2, 0) is 19.5 Å². The summed E-state index contributed by atoms with van der Waals surface area (Å²) >= 11 is 0. The molecular formula is C16H20N4. The molecule has 2 aromatic heterocycles. The second kappa shape index (κ2) is 5.49. The largest absolute Gasteiger partial charge is 0.333 e. The minimum atomic E-state index is 0.837. The predicted octanol–water partition coefficient (Wildman–Crippen LogP) is 3.25. The fourth-order valence-electron chi connectivity index (χ4n) is 2.66. The zero-order valence-corrected chi connectivity index (χ0v) is 12.1. The molecule has 0 unspecified atom stereocenters. The summed E-state index contributed by atoms with van der Waals surface area (Å²) < 4.78 is 4.53. The molecule has 3 aromatic rings. The van der Waals surface area contributed by atoms with Gasteiger partial charge in [-0.3, -0.25) is 0 Å². The van der Waals surface area contributed by atoms with E-state index in [4.69, 9.17) is 4.98 Å². The number of imidazole rings is 2. The summed E-state index contributed by atoms with van der Waals surface area (Å²) in [5, 5.41) is 0. The van der Waals surface area contributed by atoms with E-state index in [1.807, 2.05) is 18.6 Å². The maximum atomic E-state index is 4.72. The van der Waals surface area contributed by atoms with Gasteiger partial charge in [0.2, 0.25) is 0 Å². The van der Waals surface area contributed by atoms with Crippen molar-refractivity contribution in [2.75, 3.05) is 0 Å². The molecule has 0 aliphatic heterocycles. The smallest absolute Gasteiger partial charge is 0.109 e. The van der Waals surface area contributed by atoms with E-state index in [-0.39, 0.29) is 0 Å². The van der Waals surface area contributed by atoms with Gasteiger partial charge in [0.1, 0.15) is 5.82 Å². The van der Waals surface area contributed by atoms with E-state index >= 15 is 0 Å². The fraction of sp³-hybridized carbons (Fsp3) is 0.375. The van der Waals surface area contributed by atoms with E-state index in [0.29, 0.717) is 0 Å². The summed E-state index contributed by atoms with van der Waals surface area (Å²) in [5.74, 6) is 1.13. The van der Waals surface area contributed by atoms with Crippen LogP contribution in [0.3, 0.4) is 0 Å². The third-order valence-electron chi connectivity index (χ3n) is 3.63. The molecule has 0 atom stereocenters. The van der Waals surface area contributed by atoms with Gasteiger partial charge in [0.15, 0.2) is 0 Å². The minimum absolute atomic E-state index is 0.837. The average molecular weight is 268 g/mol. The number of aromatic nitrogens is 4. The van der Waals surface area contributed by atoms with Crippen molar-refractivity contribution in [2.45, 2.75) is 39.8 Å². The van der Waals surface area contributed by atoms with E-state index in [9.17, 15) is 0 Å². The van der Waals surface area contributed by atoms with Crippen molar-refractivity contribution >= 4 is 11.0 Å². The lowest BCUT2D eigenvalue weighted by molar-refractivity contribution is 0.619. The van der Waals surface area contributed by atoms with Gasteiger partial charge in [0, 0.05) is 19.2 Å². The lowest BCUT2D eigenvalue weighted by atomic mass is 10.3. The molecule has 4 heteroatoms. The van der Waals surface area contributed by atoms with Crippen LogP contribution in [-0.4, -0.2) is 19.1 Å². The van der Waals surface area contributed by atoms with Gasteiger partial charge in [-0.1, -0.05) is 26.0 Å². The molecule has 2 heterocycles. The number of benzene rings is 1. The van der Waals surface area contributed by atoms with E-state index < -0.39 is 0 Å². The molecule has 0 saturated carbocycles. The summed E-state index contributed by atoms with van der Waals surface area (Å²) in [5.41, 5.74) is 3.52. The Labute approximate surface area is 119 Å². The Balaban J connectivity index is 2.03. The Kier molecular flexibility index (Phi) is 3.54. The first-order chi connectivity index (χ1) is 9.83. The molecule has 0 aliphatic rings. The molecule has 0 aliphatic carbocycles. The van der Waals surface area contributed by atoms with Gasteiger partial charge in [-0.05, 0) is 18.6 Å². The summed E-state index contributed by atoms with van der Waals surface area (Å²) in [6.45, 7) is 6.20. The molecule has 1 aromatic carbocycles. The lowest BCUT2D eigenvalue weighted by Crippen LogP contribution is -2.09. The number of hydrogen-bond acceptors (Lipinski definition) is 2. The number of rotatable bonds is 5. The summed E-state index contributed by atoms with van der Waals surface area (Å²) in [6.07, 6.45) is 5.94. The van der Waals surface area contributed by atoms with E-state index in [1.165, 1.54) is 11.2 Å². The first kappa shape index (κ1) is 12.9. The van der Waals surface area contributed by atoms with Crippen molar-refractivity contribution in [3.8, 4) is 0 Å². The van der Waals surface area contributed by atoms with Crippen LogP contribution in [0.4, 0.5) is 0 Å². The zero-order chi connectivity index (χ0) is 13.9.